The van der Waals surface area contributed by atoms with Gasteiger partial charge in [0.2, 0.25) is 17.7 Å². The Kier molecular flexibility index (Phi) is 10.0. The van der Waals surface area contributed by atoms with Crippen LogP contribution in [0.1, 0.15) is 45.5 Å². The fourth-order valence-electron chi connectivity index (χ4n) is 5.30. The second-order valence-corrected chi connectivity index (χ2v) is 12.0. The lowest BCUT2D eigenvalue weighted by Gasteiger charge is -2.24. The average Bonchev–Trinajstić information content (AvgIpc) is 3.35. The van der Waals surface area contributed by atoms with Gasteiger partial charge < -0.3 is 25.4 Å². The maximum atomic E-state index is 13.9. The molecule has 0 radical (unpaired) electrons. The van der Waals surface area contributed by atoms with Crippen molar-refractivity contribution in [1.29, 1.82) is 0 Å². The van der Waals surface area contributed by atoms with Crippen LogP contribution < -0.4 is 20.7 Å². The number of fused-ring (bicyclic) bond motifs is 5. The number of benzene rings is 3. The number of phenolic OH excluding ortho intramolecular Hbond substituents is 1. The minimum atomic E-state index is -0.635. The van der Waals surface area contributed by atoms with Crippen LogP contribution in [0.5, 0.6) is 11.5 Å². The van der Waals surface area contributed by atoms with Crippen molar-refractivity contribution in [3.05, 3.63) is 77.4 Å². The van der Waals surface area contributed by atoms with Crippen LogP contribution in [0.15, 0.2) is 65.6 Å². The maximum Gasteiger partial charge on any atom is 0.255 e. The fraction of sp³-hybridized carbons (Fsp3) is 0.303. The van der Waals surface area contributed by atoms with Gasteiger partial charge in [-0.2, -0.15) is 0 Å². The van der Waals surface area contributed by atoms with E-state index < -0.39 is 11.2 Å². The molecule has 4 N–H and O–H groups in total. The third-order valence-corrected chi connectivity index (χ3v) is 8.93. The number of hydrogen-bond acceptors (Lipinski definition) is 8. The number of imide groups is 1. The zero-order valence-electron chi connectivity index (χ0n) is 24.8. The van der Waals surface area contributed by atoms with Crippen molar-refractivity contribution >= 4 is 41.3 Å². The third kappa shape index (κ3) is 7.63. The first-order chi connectivity index (χ1) is 21.7. The lowest BCUT2D eigenvalue weighted by atomic mass is 9.98. The molecule has 3 aromatic carbocycles. The summed E-state index contributed by atoms with van der Waals surface area (Å²) in [5.41, 5.74) is 2.71. The zero-order valence-corrected chi connectivity index (χ0v) is 25.6. The molecule has 5 amide bonds. The van der Waals surface area contributed by atoms with Gasteiger partial charge in [0.1, 0.15) is 11.5 Å². The van der Waals surface area contributed by atoms with Crippen LogP contribution >= 0.6 is 11.8 Å². The molecule has 2 aliphatic rings. The zero-order chi connectivity index (χ0) is 31.9. The lowest BCUT2D eigenvalue weighted by molar-refractivity contribution is -0.125. The molecule has 4 bridgehead atoms. The van der Waals surface area contributed by atoms with Gasteiger partial charge in [-0.3, -0.25) is 29.3 Å². The van der Waals surface area contributed by atoms with E-state index in [1.165, 1.54) is 7.11 Å². The van der Waals surface area contributed by atoms with E-state index >= 15 is 0 Å². The molecular weight excluding hydrogens is 596 g/mol. The smallest absolute Gasteiger partial charge is 0.255 e. The Hall–Kier alpha value is -4.84. The van der Waals surface area contributed by atoms with Crippen LogP contribution in [0.4, 0.5) is 0 Å². The van der Waals surface area contributed by atoms with Crippen LogP contribution in [0.2, 0.25) is 0 Å². The average molecular weight is 631 g/mol. The van der Waals surface area contributed by atoms with E-state index in [9.17, 15) is 29.1 Å². The largest absolute Gasteiger partial charge is 0.507 e. The molecule has 2 heterocycles. The molecule has 5 rings (SSSR count). The van der Waals surface area contributed by atoms with E-state index in [1.54, 1.807) is 59.5 Å². The summed E-state index contributed by atoms with van der Waals surface area (Å²) < 4.78 is 5.45. The molecular formula is C33H34N4O7S. The number of hydrogen-bond donors (Lipinski definition) is 4. The minimum absolute atomic E-state index is 0.0337. The first-order valence-corrected chi connectivity index (χ1v) is 15.6. The minimum Gasteiger partial charge on any atom is -0.507 e. The molecule has 0 spiro atoms. The number of amides is 5. The number of nitrogens with one attached hydrogen (secondary N) is 3. The fourth-order valence-corrected chi connectivity index (χ4v) is 6.44. The van der Waals surface area contributed by atoms with E-state index in [2.05, 4.69) is 16.0 Å². The molecule has 1 fully saturated rings. The number of aromatic hydroxyl groups is 1. The van der Waals surface area contributed by atoms with Gasteiger partial charge in [-0.1, -0.05) is 24.3 Å². The van der Waals surface area contributed by atoms with Gasteiger partial charge in [-0.05, 0) is 60.4 Å². The predicted octanol–water partition coefficient (Wildman–Crippen LogP) is 2.90. The number of thioether (sulfide) groups is 1. The summed E-state index contributed by atoms with van der Waals surface area (Å²) in [6.45, 7) is 0.908. The topological polar surface area (TPSA) is 154 Å². The highest BCUT2D eigenvalue weighted by Gasteiger charge is 2.32. The number of ether oxygens (including phenoxy) is 1. The van der Waals surface area contributed by atoms with Crippen molar-refractivity contribution < 1.29 is 33.8 Å². The van der Waals surface area contributed by atoms with Gasteiger partial charge in [-0.25, -0.2) is 0 Å². The van der Waals surface area contributed by atoms with Crippen LogP contribution in [-0.4, -0.2) is 78.1 Å². The van der Waals surface area contributed by atoms with Crippen LogP contribution in [0, 0.1) is 0 Å². The Labute approximate surface area is 264 Å². The van der Waals surface area contributed by atoms with E-state index in [-0.39, 0.29) is 67.4 Å². The van der Waals surface area contributed by atoms with Crippen molar-refractivity contribution in [3.8, 4) is 22.6 Å². The molecule has 12 heteroatoms. The number of nitrogens with zero attached hydrogens (tertiary/aromatic N) is 1. The van der Waals surface area contributed by atoms with Crippen LogP contribution in [0.3, 0.4) is 0 Å². The summed E-state index contributed by atoms with van der Waals surface area (Å²) in [6.07, 6.45) is 1.15. The summed E-state index contributed by atoms with van der Waals surface area (Å²) in [7, 11) is 1.47. The molecule has 3 aromatic rings. The maximum absolute atomic E-state index is 13.9. The Balaban J connectivity index is 1.40. The standard InChI is InChI=1S/C33H34N4O7S/c1-44-26-11-9-21-18-24(26)31(41)35-14-16-37(15-4-7-29(39)34-13-12-20-8-10-25(38)23(21)17-20)33(43)22-5-2-3-6-27(22)45-28-19-30(40)36-32(28)42/h2-3,5-6,8-11,17-18,28,38H,4,7,12-16,19H2,1H3,(H,34,39)(H,35,41)(H,36,40,42). The second-order valence-electron chi connectivity index (χ2n) is 10.7. The van der Waals surface area contributed by atoms with Gasteiger partial charge in [-0.15, -0.1) is 11.8 Å². The number of rotatable bonds is 4. The summed E-state index contributed by atoms with van der Waals surface area (Å²) in [6, 6.07) is 17.2. The van der Waals surface area contributed by atoms with E-state index in [1.807, 2.05) is 6.07 Å². The van der Waals surface area contributed by atoms with Gasteiger partial charge in [0.25, 0.3) is 11.8 Å². The van der Waals surface area contributed by atoms with Crippen molar-refractivity contribution in [2.75, 3.05) is 33.3 Å². The Morgan fingerprint density at radius 1 is 0.911 bits per heavy atom. The number of methoxy groups -OCH3 is 1. The van der Waals surface area contributed by atoms with Crippen molar-refractivity contribution in [3.63, 3.8) is 0 Å². The highest BCUT2D eigenvalue weighted by Crippen LogP contribution is 2.34. The number of carbonyl (C=O) groups is 5. The lowest BCUT2D eigenvalue weighted by Crippen LogP contribution is -2.40. The highest BCUT2D eigenvalue weighted by atomic mass is 32.2. The summed E-state index contributed by atoms with van der Waals surface area (Å²) >= 11 is 1.16. The molecule has 0 saturated carbocycles. The quantitative estimate of drug-likeness (QED) is 0.321. The first-order valence-electron chi connectivity index (χ1n) is 14.7. The van der Waals surface area contributed by atoms with Gasteiger partial charge in [0, 0.05) is 49.5 Å². The molecule has 1 atom stereocenters. The van der Waals surface area contributed by atoms with Crippen molar-refractivity contribution in [1.82, 2.24) is 20.9 Å². The SMILES string of the molecule is COc1ccc2cc1C(=O)NCCN(C(=O)c1ccccc1SC1CC(=O)NC1=O)CCCC(=O)NCCc1ccc(O)c-2c1. The Morgan fingerprint density at radius 2 is 1.73 bits per heavy atom. The van der Waals surface area contributed by atoms with Gasteiger partial charge in [0.05, 0.1) is 23.5 Å². The molecule has 0 aromatic heterocycles. The number of carbonyl (C=O) groups excluding carboxylic acids is 5. The van der Waals surface area contributed by atoms with Crippen molar-refractivity contribution in [2.24, 2.45) is 0 Å². The number of phenols is 1. The van der Waals surface area contributed by atoms with E-state index in [4.69, 9.17) is 4.74 Å². The molecule has 45 heavy (non-hydrogen) atoms. The second kappa shape index (κ2) is 14.3. The van der Waals surface area contributed by atoms with Crippen LogP contribution in [-0.2, 0) is 20.8 Å². The third-order valence-electron chi connectivity index (χ3n) is 7.65. The molecule has 0 aliphatic carbocycles. The molecule has 234 valence electrons. The monoisotopic (exact) mass is 630 g/mol. The molecule has 2 aliphatic heterocycles. The van der Waals surface area contributed by atoms with E-state index in [0.717, 1.165) is 17.3 Å². The highest BCUT2D eigenvalue weighted by molar-refractivity contribution is 8.00. The normalized spacial score (nSPS) is 17.9. The Bertz CT molecular complexity index is 1640. The van der Waals surface area contributed by atoms with Gasteiger partial charge >= 0.3 is 0 Å². The van der Waals surface area contributed by atoms with Crippen LogP contribution in [0.25, 0.3) is 11.1 Å². The summed E-state index contributed by atoms with van der Waals surface area (Å²) in [5, 5.41) is 18.1. The molecule has 11 nitrogen and oxygen atoms in total. The Morgan fingerprint density at radius 3 is 2.51 bits per heavy atom. The predicted molar refractivity (Wildman–Crippen MR) is 168 cm³/mol. The van der Waals surface area contributed by atoms with Gasteiger partial charge in [0.15, 0.2) is 0 Å². The van der Waals surface area contributed by atoms with Crippen molar-refractivity contribution in [2.45, 2.75) is 35.8 Å². The summed E-state index contributed by atoms with van der Waals surface area (Å²) in [4.78, 5) is 66.0. The first kappa shape index (κ1) is 31.6. The molecule has 1 saturated heterocycles. The molecule has 1 unspecified atom stereocenters. The summed E-state index contributed by atoms with van der Waals surface area (Å²) in [5.74, 6) is -1.21. The van der Waals surface area contributed by atoms with E-state index in [0.29, 0.717) is 46.7 Å².